The standard InChI is InChI=1S/C5H8F3NO3/c6-5(7,8)4(9,1-2-10)3(11)12/h10H,1-2,9H2,(H,11,12)/t4-/m0/s1. The molecule has 0 bridgehead atoms. The van der Waals surface area contributed by atoms with Crippen LogP contribution in [0.3, 0.4) is 0 Å². The molecule has 0 aromatic heterocycles. The molecule has 0 aliphatic carbocycles. The molecule has 0 radical (unpaired) electrons. The molecule has 12 heavy (non-hydrogen) atoms. The van der Waals surface area contributed by atoms with E-state index in [1.54, 1.807) is 0 Å². The molecule has 72 valence electrons. The third-order valence-electron chi connectivity index (χ3n) is 1.39. The van der Waals surface area contributed by atoms with Gasteiger partial charge in [0, 0.05) is 13.0 Å². The minimum Gasteiger partial charge on any atom is -0.480 e. The Hall–Kier alpha value is -0.820. The smallest absolute Gasteiger partial charge is 0.417 e. The van der Waals surface area contributed by atoms with Crippen molar-refractivity contribution in [1.29, 1.82) is 0 Å². The first kappa shape index (κ1) is 11.2. The lowest BCUT2D eigenvalue weighted by Gasteiger charge is -2.26. The molecule has 0 aliphatic heterocycles. The largest absolute Gasteiger partial charge is 0.480 e. The van der Waals surface area contributed by atoms with E-state index in [0.717, 1.165) is 0 Å². The van der Waals surface area contributed by atoms with Crippen LogP contribution in [0.25, 0.3) is 0 Å². The van der Waals surface area contributed by atoms with E-state index >= 15 is 0 Å². The molecule has 0 heterocycles. The topological polar surface area (TPSA) is 83.5 Å². The quantitative estimate of drug-likeness (QED) is 0.567. The second-order valence-electron chi connectivity index (χ2n) is 2.25. The summed E-state index contributed by atoms with van der Waals surface area (Å²) in [5.41, 5.74) is 1.20. The van der Waals surface area contributed by atoms with Crippen molar-refractivity contribution in [1.82, 2.24) is 0 Å². The van der Waals surface area contributed by atoms with Crippen LogP contribution in [-0.4, -0.2) is 34.5 Å². The summed E-state index contributed by atoms with van der Waals surface area (Å²) in [4.78, 5) is 10.1. The van der Waals surface area contributed by atoms with Gasteiger partial charge in [0.15, 0.2) is 0 Å². The van der Waals surface area contributed by atoms with Gasteiger partial charge < -0.3 is 15.9 Å². The molecule has 0 spiro atoms. The molecule has 0 saturated carbocycles. The molecule has 0 rings (SSSR count). The second kappa shape index (κ2) is 3.28. The van der Waals surface area contributed by atoms with Gasteiger partial charge in [0.25, 0.3) is 0 Å². The van der Waals surface area contributed by atoms with E-state index in [2.05, 4.69) is 5.73 Å². The van der Waals surface area contributed by atoms with Crippen LogP contribution in [0.1, 0.15) is 6.42 Å². The number of halogens is 3. The van der Waals surface area contributed by atoms with Crippen molar-refractivity contribution < 1.29 is 28.2 Å². The van der Waals surface area contributed by atoms with Crippen LogP contribution < -0.4 is 5.73 Å². The molecule has 7 heteroatoms. The highest BCUT2D eigenvalue weighted by molar-refractivity contribution is 5.79. The van der Waals surface area contributed by atoms with Gasteiger partial charge >= 0.3 is 12.1 Å². The van der Waals surface area contributed by atoms with E-state index in [-0.39, 0.29) is 0 Å². The average Bonchev–Trinajstić information content (AvgIpc) is 1.85. The number of carbonyl (C=O) groups is 1. The van der Waals surface area contributed by atoms with E-state index < -0.39 is 30.7 Å². The zero-order valence-corrected chi connectivity index (χ0v) is 5.93. The van der Waals surface area contributed by atoms with Gasteiger partial charge in [-0.2, -0.15) is 13.2 Å². The molecule has 0 aromatic carbocycles. The third-order valence-corrected chi connectivity index (χ3v) is 1.39. The molecule has 0 aliphatic rings. The van der Waals surface area contributed by atoms with E-state index in [9.17, 15) is 18.0 Å². The summed E-state index contributed by atoms with van der Waals surface area (Å²) in [5, 5.41) is 16.3. The second-order valence-corrected chi connectivity index (χ2v) is 2.25. The Morgan fingerprint density at radius 1 is 1.42 bits per heavy atom. The van der Waals surface area contributed by atoms with Gasteiger partial charge in [0.2, 0.25) is 5.54 Å². The van der Waals surface area contributed by atoms with Crippen molar-refractivity contribution >= 4 is 5.97 Å². The van der Waals surface area contributed by atoms with Crippen LogP contribution in [-0.2, 0) is 4.79 Å². The number of rotatable bonds is 3. The van der Waals surface area contributed by atoms with Gasteiger partial charge in [-0.25, -0.2) is 4.79 Å². The Labute approximate surface area is 65.8 Å². The number of aliphatic carboxylic acids is 1. The normalized spacial score (nSPS) is 17.1. The fourth-order valence-corrected chi connectivity index (χ4v) is 0.546. The Morgan fingerprint density at radius 2 is 1.83 bits per heavy atom. The van der Waals surface area contributed by atoms with Crippen molar-refractivity contribution in [3.8, 4) is 0 Å². The molecule has 0 saturated heterocycles. The Morgan fingerprint density at radius 3 is 1.92 bits per heavy atom. The van der Waals surface area contributed by atoms with Gasteiger partial charge in [0.1, 0.15) is 0 Å². The van der Waals surface area contributed by atoms with Crippen molar-refractivity contribution in [3.63, 3.8) is 0 Å². The van der Waals surface area contributed by atoms with Crippen LogP contribution in [0.5, 0.6) is 0 Å². The minimum atomic E-state index is -5.05. The van der Waals surface area contributed by atoms with Crippen molar-refractivity contribution in [2.24, 2.45) is 5.73 Å². The number of hydrogen-bond donors (Lipinski definition) is 3. The Kier molecular flexibility index (Phi) is 3.05. The first-order chi connectivity index (χ1) is 5.25. The number of aliphatic hydroxyl groups is 1. The summed E-state index contributed by atoms with van der Waals surface area (Å²) in [7, 11) is 0. The number of carboxylic acid groups (broad SMARTS) is 1. The van der Waals surface area contributed by atoms with Crippen LogP contribution in [0.15, 0.2) is 0 Å². The maximum absolute atomic E-state index is 11.9. The van der Waals surface area contributed by atoms with Gasteiger partial charge in [-0.15, -0.1) is 0 Å². The lowest BCUT2D eigenvalue weighted by molar-refractivity contribution is -0.204. The molecule has 4 nitrogen and oxygen atoms in total. The van der Waals surface area contributed by atoms with E-state index in [1.807, 2.05) is 0 Å². The number of alkyl halides is 3. The monoisotopic (exact) mass is 187 g/mol. The lowest BCUT2D eigenvalue weighted by atomic mass is 9.97. The average molecular weight is 187 g/mol. The highest BCUT2D eigenvalue weighted by atomic mass is 19.4. The zero-order valence-electron chi connectivity index (χ0n) is 5.93. The maximum Gasteiger partial charge on any atom is 0.417 e. The van der Waals surface area contributed by atoms with Crippen LogP contribution in [0.4, 0.5) is 13.2 Å². The van der Waals surface area contributed by atoms with Gasteiger partial charge in [0.05, 0.1) is 0 Å². The van der Waals surface area contributed by atoms with Crippen LogP contribution in [0.2, 0.25) is 0 Å². The summed E-state index contributed by atoms with van der Waals surface area (Å²) in [6.07, 6.45) is -6.10. The number of nitrogens with two attached hydrogens (primary N) is 1. The zero-order chi connectivity index (χ0) is 9.99. The number of aliphatic hydroxyl groups excluding tert-OH is 1. The SMILES string of the molecule is N[C@@](CCO)(C(=O)O)C(F)(F)F. The summed E-state index contributed by atoms with van der Waals surface area (Å²) in [6, 6.07) is 0. The van der Waals surface area contributed by atoms with E-state index in [4.69, 9.17) is 10.2 Å². The summed E-state index contributed by atoms with van der Waals surface area (Å²) in [6.45, 7) is -0.928. The number of carboxylic acids is 1. The maximum atomic E-state index is 11.9. The van der Waals surface area contributed by atoms with Crippen LogP contribution in [0, 0.1) is 0 Å². The summed E-state index contributed by atoms with van der Waals surface area (Å²) in [5.74, 6) is -2.19. The van der Waals surface area contributed by atoms with Crippen molar-refractivity contribution in [2.45, 2.75) is 18.1 Å². The molecule has 0 fully saturated rings. The van der Waals surface area contributed by atoms with Gasteiger partial charge in [-0.3, -0.25) is 0 Å². The highest BCUT2D eigenvalue weighted by Gasteiger charge is 2.57. The molecule has 4 N–H and O–H groups in total. The minimum absolute atomic E-state index is 0.928. The molecule has 0 aromatic rings. The van der Waals surface area contributed by atoms with Crippen molar-refractivity contribution in [2.75, 3.05) is 6.61 Å². The lowest BCUT2D eigenvalue weighted by Crippen LogP contribution is -2.60. The van der Waals surface area contributed by atoms with E-state index in [1.165, 1.54) is 0 Å². The molecular weight excluding hydrogens is 179 g/mol. The molecular formula is C5H8F3NO3. The summed E-state index contributed by atoms with van der Waals surface area (Å²) < 4.78 is 35.8. The predicted molar refractivity (Wildman–Crippen MR) is 32.3 cm³/mol. The van der Waals surface area contributed by atoms with Crippen LogP contribution >= 0.6 is 0 Å². The first-order valence-corrected chi connectivity index (χ1v) is 2.95. The molecule has 0 unspecified atom stereocenters. The fraction of sp³-hybridized carbons (Fsp3) is 0.800. The Bertz CT molecular complexity index is 181. The van der Waals surface area contributed by atoms with Gasteiger partial charge in [-0.1, -0.05) is 0 Å². The predicted octanol–water partition coefficient (Wildman–Crippen LogP) is -0.287. The van der Waals surface area contributed by atoms with Gasteiger partial charge in [-0.05, 0) is 0 Å². The van der Waals surface area contributed by atoms with E-state index in [0.29, 0.717) is 0 Å². The first-order valence-electron chi connectivity index (χ1n) is 2.95. The Balaban J connectivity index is 4.75. The highest BCUT2D eigenvalue weighted by Crippen LogP contribution is 2.30. The molecule has 1 atom stereocenters. The molecule has 0 amide bonds. The summed E-state index contributed by atoms with van der Waals surface area (Å²) >= 11 is 0. The van der Waals surface area contributed by atoms with Crippen molar-refractivity contribution in [3.05, 3.63) is 0 Å². The third kappa shape index (κ3) is 1.86. The number of hydrogen-bond acceptors (Lipinski definition) is 3. The fourth-order valence-electron chi connectivity index (χ4n) is 0.546.